The molecule has 2 heteroatoms. The maximum atomic E-state index is 9.91. The van der Waals surface area contributed by atoms with Crippen LogP contribution in [0.1, 0.15) is 69.1 Å². The van der Waals surface area contributed by atoms with Gasteiger partial charge in [0.2, 0.25) is 0 Å². The molecule has 106 valence electrons. The van der Waals surface area contributed by atoms with Crippen LogP contribution in [0.15, 0.2) is 18.2 Å². The second-order valence-corrected chi connectivity index (χ2v) is 5.53. The smallest absolute Gasteiger partial charge is 0.119 e. The fourth-order valence-electron chi connectivity index (χ4n) is 2.75. The first-order valence-electron chi connectivity index (χ1n) is 7.75. The van der Waals surface area contributed by atoms with E-state index in [1.165, 1.54) is 31.2 Å². The molecule has 0 heterocycles. The van der Waals surface area contributed by atoms with Gasteiger partial charge >= 0.3 is 0 Å². The van der Waals surface area contributed by atoms with E-state index in [2.05, 4.69) is 13.0 Å². The molecule has 1 aliphatic rings. The fourth-order valence-corrected chi connectivity index (χ4v) is 2.75. The molecule has 2 nitrogen and oxygen atoms in total. The average Bonchev–Trinajstić information content (AvgIpc) is 2.43. The summed E-state index contributed by atoms with van der Waals surface area (Å²) in [5.74, 6) is 0.961. The molecule has 0 saturated carbocycles. The molecule has 0 amide bonds. The van der Waals surface area contributed by atoms with E-state index in [1.807, 2.05) is 12.1 Å². The van der Waals surface area contributed by atoms with Gasteiger partial charge in [-0.25, -0.2) is 0 Å². The number of hydrogen-bond acceptors (Lipinski definition) is 2. The number of unbranched alkanes of at least 4 members (excludes halogenated alkanes) is 4. The molecular weight excluding hydrogens is 236 g/mol. The zero-order valence-electron chi connectivity index (χ0n) is 12.0. The highest BCUT2D eigenvalue weighted by Crippen LogP contribution is 2.31. The number of rotatable bonds is 7. The summed E-state index contributed by atoms with van der Waals surface area (Å²) in [6.07, 6.45) is 9.10. The molecule has 2 rings (SSSR count). The van der Waals surface area contributed by atoms with Gasteiger partial charge in [-0.1, -0.05) is 38.7 Å². The Morgan fingerprint density at radius 1 is 1.21 bits per heavy atom. The van der Waals surface area contributed by atoms with Gasteiger partial charge in [-0.15, -0.1) is 0 Å². The van der Waals surface area contributed by atoms with E-state index in [0.29, 0.717) is 0 Å². The zero-order chi connectivity index (χ0) is 13.5. The Hall–Kier alpha value is -1.02. The van der Waals surface area contributed by atoms with Gasteiger partial charge in [0.05, 0.1) is 12.7 Å². The molecule has 0 aromatic heterocycles. The molecule has 1 atom stereocenters. The van der Waals surface area contributed by atoms with E-state index in [-0.39, 0.29) is 6.10 Å². The summed E-state index contributed by atoms with van der Waals surface area (Å²) in [7, 11) is 0. The lowest BCUT2D eigenvalue weighted by Crippen LogP contribution is -2.09. The highest BCUT2D eigenvalue weighted by Gasteiger charge is 2.17. The van der Waals surface area contributed by atoms with Gasteiger partial charge in [0, 0.05) is 0 Å². The monoisotopic (exact) mass is 262 g/mol. The van der Waals surface area contributed by atoms with E-state index in [4.69, 9.17) is 4.74 Å². The quantitative estimate of drug-likeness (QED) is 0.738. The van der Waals surface area contributed by atoms with Crippen LogP contribution < -0.4 is 4.74 Å². The van der Waals surface area contributed by atoms with E-state index in [1.54, 1.807) is 0 Å². The van der Waals surface area contributed by atoms with Crippen LogP contribution in [0.5, 0.6) is 5.75 Å². The van der Waals surface area contributed by atoms with E-state index in [9.17, 15) is 5.11 Å². The SMILES string of the molecule is CCCCCCCOc1ccc2c(c1)CCCC2O. The summed E-state index contributed by atoms with van der Waals surface area (Å²) >= 11 is 0. The molecular formula is C17H26O2. The third-order valence-corrected chi connectivity index (χ3v) is 3.91. The van der Waals surface area contributed by atoms with Crippen molar-refractivity contribution in [2.75, 3.05) is 6.61 Å². The predicted octanol–water partition coefficient (Wildman–Crippen LogP) is 4.41. The lowest BCUT2D eigenvalue weighted by molar-refractivity contribution is 0.156. The van der Waals surface area contributed by atoms with Crippen molar-refractivity contribution < 1.29 is 9.84 Å². The van der Waals surface area contributed by atoms with Crippen LogP contribution in [-0.2, 0) is 6.42 Å². The molecule has 1 aliphatic carbocycles. The topological polar surface area (TPSA) is 29.5 Å². The van der Waals surface area contributed by atoms with Crippen molar-refractivity contribution in [2.24, 2.45) is 0 Å². The molecule has 1 aromatic rings. The minimum atomic E-state index is -0.271. The van der Waals surface area contributed by atoms with Crippen LogP contribution in [0.25, 0.3) is 0 Å². The van der Waals surface area contributed by atoms with Crippen LogP contribution in [0.4, 0.5) is 0 Å². The van der Waals surface area contributed by atoms with Crippen LogP contribution >= 0.6 is 0 Å². The van der Waals surface area contributed by atoms with Gasteiger partial charge in [0.1, 0.15) is 5.75 Å². The van der Waals surface area contributed by atoms with Gasteiger partial charge in [-0.05, 0) is 48.9 Å². The average molecular weight is 262 g/mol. The lowest BCUT2D eigenvalue weighted by Gasteiger charge is -2.21. The Morgan fingerprint density at radius 3 is 2.89 bits per heavy atom. The van der Waals surface area contributed by atoms with Crippen molar-refractivity contribution in [3.8, 4) is 5.75 Å². The summed E-state index contributed by atoms with van der Waals surface area (Å²) in [6.45, 7) is 3.04. The van der Waals surface area contributed by atoms with Crippen LogP contribution in [-0.4, -0.2) is 11.7 Å². The van der Waals surface area contributed by atoms with E-state index in [0.717, 1.165) is 43.6 Å². The van der Waals surface area contributed by atoms with Gasteiger partial charge < -0.3 is 9.84 Å². The number of aliphatic hydroxyl groups excluding tert-OH is 1. The first-order chi connectivity index (χ1) is 9.31. The third kappa shape index (κ3) is 4.24. The Bertz CT molecular complexity index is 387. The molecule has 0 fully saturated rings. The van der Waals surface area contributed by atoms with Crippen molar-refractivity contribution in [2.45, 2.75) is 64.4 Å². The summed E-state index contributed by atoms with van der Waals surface area (Å²) in [4.78, 5) is 0. The molecule has 1 unspecified atom stereocenters. The van der Waals surface area contributed by atoms with Gasteiger partial charge in [-0.2, -0.15) is 0 Å². The summed E-state index contributed by atoms with van der Waals surface area (Å²) < 4.78 is 5.81. The van der Waals surface area contributed by atoms with Gasteiger partial charge in [0.15, 0.2) is 0 Å². The number of aryl methyl sites for hydroxylation is 1. The maximum Gasteiger partial charge on any atom is 0.119 e. The summed E-state index contributed by atoms with van der Waals surface area (Å²) in [6, 6.07) is 6.15. The number of benzene rings is 1. The maximum absolute atomic E-state index is 9.91. The highest BCUT2D eigenvalue weighted by atomic mass is 16.5. The molecule has 0 spiro atoms. The number of hydrogen-bond donors (Lipinski definition) is 1. The highest BCUT2D eigenvalue weighted by molar-refractivity contribution is 5.38. The van der Waals surface area contributed by atoms with Crippen LogP contribution in [0, 0.1) is 0 Å². The third-order valence-electron chi connectivity index (χ3n) is 3.91. The van der Waals surface area contributed by atoms with Gasteiger partial charge in [0.25, 0.3) is 0 Å². The van der Waals surface area contributed by atoms with Crippen LogP contribution in [0.2, 0.25) is 0 Å². The Labute approximate surface area is 116 Å². The lowest BCUT2D eigenvalue weighted by atomic mass is 9.89. The molecule has 0 bridgehead atoms. The first-order valence-corrected chi connectivity index (χ1v) is 7.75. The van der Waals surface area contributed by atoms with E-state index < -0.39 is 0 Å². The second kappa shape index (κ2) is 7.54. The minimum absolute atomic E-state index is 0.271. The Morgan fingerprint density at radius 2 is 2.05 bits per heavy atom. The number of fused-ring (bicyclic) bond motifs is 1. The van der Waals surface area contributed by atoms with Crippen LogP contribution in [0.3, 0.4) is 0 Å². The van der Waals surface area contributed by atoms with Crippen molar-refractivity contribution in [1.82, 2.24) is 0 Å². The summed E-state index contributed by atoms with van der Waals surface area (Å²) in [5.41, 5.74) is 2.36. The van der Waals surface area contributed by atoms with Crippen molar-refractivity contribution in [3.63, 3.8) is 0 Å². The van der Waals surface area contributed by atoms with Crippen molar-refractivity contribution in [1.29, 1.82) is 0 Å². The normalized spacial score (nSPS) is 18.1. The van der Waals surface area contributed by atoms with E-state index >= 15 is 0 Å². The number of aliphatic hydroxyl groups is 1. The predicted molar refractivity (Wildman–Crippen MR) is 78.6 cm³/mol. The zero-order valence-corrected chi connectivity index (χ0v) is 12.0. The van der Waals surface area contributed by atoms with Crippen molar-refractivity contribution in [3.05, 3.63) is 29.3 Å². The fraction of sp³-hybridized carbons (Fsp3) is 0.647. The standard InChI is InChI=1S/C17H26O2/c1-2-3-4-5-6-12-19-15-10-11-16-14(13-15)8-7-9-17(16)18/h10-11,13,17-18H,2-9,12H2,1H3. The summed E-state index contributed by atoms with van der Waals surface area (Å²) in [5, 5.41) is 9.91. The first kappa shape index (κ1) is 14.4. The molecule has 0 aliphatic heterocycles. The minimum Gasteiger partial charge on any atom is -0.494 e. The molecule has 0 saturated heterocycles. The largest absolute Gasteiger partial charge is 0.494 e. The molecule has 1 N–H and O–H groups in total. The molecule has 19 heavy (non-hydrogen) atoms. The van der Waals surface area contributed by atoms with Crippen molar-refractivity contribution >= 4 is 0 Å². The number of ether oxygens (including phenoxy) is 1. The molecule has 0 radical (unpaired) electrons. The molecule has 1 aromatic carbocycles. The van der Waals surface area contributed by atoms with Gasteiger partial charge in [-0.3, -0.25) is 0 Å². The second-order valence-electron chi connectivity index (χ2n) is 5.53. The Kier molecular flexibility index (Phi) is 5.71. The Balaban J connectivity index is 1.78.